The lowest BCUT2D eigenvalue weighted by Crippen LogP contribution is -2.34. The molecular formula is C25H21FN4O2. The Balaban J connectivity index is 1.25. The lowest BCUT2D eigenvalue weighted by Gasteiger charge is -2.14. The van der Waals surface area contributed by atoms with Gasteiger partial charge in [-0.3, -0.25) is 14.5 Å². The monoisotopic (exact) mass is 428 g/mol. The fourth-order valence-corrected chi connectivity index (χ4v) is 3.95. The molecule has 1 aliphatic heterocycles. The summed E-state index contributed by atoms with van der Waals surface area (Å²) in [6, 6.07) is 16.0. The molecule has 4 aromatic rings. The van der Waals surface area contributed by atoms with Crippen molar-refractivity contribution in [2.24, 2.45) is 0 Å². The van der Waals surface area contributed by atoms with E-state index in [1.165, 1.54) is 12.1 Å². The number of carbonyl (C=O) groups is 1. The minimum Gasteiger partial charge on any atom is -0.487 e. The van der Waals surface area contributed by atoms with Gasteiger partial charge in [-0.25, -0.2) is 4.39 Å². The molecule has 0 saturated heterocycles. The van der Waals surface area contributed by atoms with Gasteiger partial charge in [0.15, 0.2) is 0 Å². The quantitative estimate of drug-likeness (QED) is 0.506. The summed E-state index contributed by atoms with van der Waals surface area (Å²) >= 11 is 0. The lowest BCUT2D eigenvalue weighted by molar-refractivity contribution is 0.0933. The number of hydrogen-bond donors (Lipinski definition) is 1. The highest BCUT2D eigenvalue weighted by Gasteiger charge is 2.27. The van der Waals surface area contributed by atoms with Gasteiger partial charge in [-0.1, -0.05) is 18.2 Å². The standard InChI is InChI=1S/C25H21FN4O2/c26-21-11-20-12-22(32-24(20)23(13-21)19-6-2-7-27-14-19)15-28-25(31)18-5-1-4-17(10-18)16-30-9-3-8-29-30/h1-11,13-14,22H,12,15-16H2,(H,28,31)/t22-/m0/s1. The van der Waals surface area contributed by atoms with Crippen LogP contribution in [0.3, 0.4) is 0 Å². The number of halogens is 1. The maximum absolute atomic E-state index is 14.2. The molecule has 7 heteroatoms. The molecule has 6 nitrogen and oxygen atoms in total. The highest BCUT2D eigenvalue weighted by molar-refractivity contribution is 5.94. The molecule has 5 rings (SSSR count). The summed E-state index contributed by atoms with van der Waals surface area (Å²) in [7, 11) is 0. The molecule has 2 aromatic heterocycles. The van der Waals surface area contributed by atoms with Crippen molar-refractivity contribution >= 4 is 5.91 Å². The van der Waals surface area contributed by atoms with Crippen LogP contribution in [-0.2, 0) is 13.0 Å². The number of pyridine rings is 1. The van der Waals surface area contributed by atoms with Gasteiger partial charge in [0.2, 0.25) is 0 Å². The number of nitrogens with zero attached hydrogens (tertiary/aromatic N) is 3. The number of rotatable bonds is 6. The fourth-order valence-electron chi connectivity index (χ4n) is 3.95. The van der Waals surface area contributed by atoms with E-state index in [-0.39, 0.29) is 17.8 Å². The van der Waals surface area contributed by atoms with E-state index in [2.05, 4.69) is 15.4 Å². The molecule has 1 amide bonds. The van der Waals surface area contributed by atoms with Gasteiger partial charge < -0.3 is 10.1 Å². The first kappa shape index (κ1) is 19.9. The first-order valence-electron chi connectivity index (χ1n) is 10.4. The number of ether oxygens (including phenoxy) is 1. The summed E-state index contributed by atoms with van der Waals surface area (Å²) in [6.45, 7) is 0.919. The van der Waals surface area contributed by atoms with Crippen LogP contribution in [0.4, 0.5) is 4.39 Å². The van der Waals surface area contributed by atoms with Crippen molar-refractivity contribution in [3.05, 3.63) is 102 Å². The Morgan fingerprint density at radius 2 is 2.09 bits per heavy atom. The number of benzene rings is 2. The second-order valence-corrected chi connectivity index (χ2v) is 7.74. The van der Waals surface area contributed by atoms with E-state index in [4.69, 9.17) is 4.74 Å². The molecule has 3 heterocycles. The van der Waals surface area contributed by atoms with Crippen LogP contribution in [0.1, 0.15) is 21.5 Å². The molecule has 0 bridgehead atoms. The molecule has 1 N–H and O–H groups in total. The molecule has 0 saturated carbocycles. The van der Waals surface area contributed by atoms with Gasteiger partial charge in [0, 0.05) is 53.5 Å². The van der Waals surface area contributed by atoms with Crippen LogP contribution >= 0.6 is 0 Å². The van der Waals surface area contributed by atoms with E-state index in [0.29, 0.717) is 36.4 Å². The largest absolute Gasteiger partial charge is 0.487 e. The van der Waals surface area contributed by atoms with Crippen LogP contribution in [0.5, 0.6) is 5.75 Å². The summed E-state index contributed by atoms with van der Waals surface area (Å²) in [5, 5.41) is 7.14. The third-order valence-electron chi connectivity index (χ3n) is 5.42. The molecule has 0 unspecified atom stereocenters. The second-order valence-electron chi connectivity index (χ2n) is 7.74. The molecular weight excluding hydrogens is 407 g/mol. The van der Waals surface area contributed by atoms with E-state index in [9.17, 15) is 9.18 Å². The summed E-state index contributed by atoms with van der Waals surface area (Å²) in [4.78, 5) is 16.8. The van der Waals surface area contributed by atoms with Crippen molar-refractivity contribution in [3.63, 3.8) is 0 Å². The molecule has 2 aromatic carbocycles. The highest BCUT2D eigenvalue weighted by atomic mass is 19.1. The number of aromatic nitrogens is 3. The van der Waals surface area contributed by atoms with Crippen LogP contribution < -0.4 is 10.1 Å². The Bertz CT molecular complexity index is 1240. The van der Waals surface area contributed by atoms with E-state index >= 15 is 0 Å². The van der Waals surface area contributed by atoms with Crippen molar-refractivity contribution in [1.82, 2.24) is 20.1 Å². The zero-order chi connectivity index (χ0) is 21.9. The van der Waals surface area contributed by atoms with Crippen molar-refractivity contribution < 1.29 is 13.9 Å². The maximum atomic E-state index is 14.2. The van der Waals surface area contributed by atoms with Crippen molar-refractivity contribution in [1.29, 1.82) is 0 Å². The predicted molar refractivity (Wildman–Crippen MR) is 118 cm³/mol. The van der Waals surface area contributed by atoms with E-state index in [0.717, 1.165) is 16.7 Å². The molecule has 0 radical (unpaired) electrons. The van der Waals surface area contributed by atoms with Crippen molar-refractivity contribution in [2.45, 2.75) is 19.1 Å². The number of carbonyl (C=O) groups excluding carboxylic acids is 1. The number of fused-ring (bicyclic) bond motifs is 1. The van der Waals surface area contributed by atoms with Gasteiger partial charge in [-0.05, 0) is 42.0 Å². The first-order valence-corrected chi connectivity index (χ1v) is 10.4. The summed E-state index contributed by atoms with van der Waals surface area (Å²) in [5.74, 6) is 0.162. The van der Waals surface area contributed by atoms with Gasteiger partial charge in [0.05, 0.1) is 13.1 Å². The topological polar surface area (TPSA) is 69.0 Å². The molecule has 0 aliphatic carbocycles. The van der Waals surface area contributed by atoms with Gasteiger partial charge >= 0.3 is 0 Å². The zero-order valence-electron chi connectivity index (χ0n) is 17.2. The summed E-state index contributed by atoms with van der Waals surface area (Å²) in [6.07, 6.45) is 7.22. The smallest absolute Gasteiger partial charge is 0.251 e. The zero-order valence-corrected chi connectivity index (χ0v) is 17.2. The fraction of sp³-hybridized carbons (Fsp3) is 0.160. The minimum atomic E-state index is -0.315. The Morgan fingerprint density at radius 1 is 1.16 bits per heavy atom. The Morgan fingerprint density at radius 3 is 2.91 bits per heavy atom. The molecule has 1 aliphatic rings. The third kappa shape index (κ3) is 4.23. The summed E-state index contributed by atoms with van der Waals surface area (Å²) < 4.78 is 22.1. The third-order valence-corrected chi connectivity index (χ3v) is 5.42. The van der Waals surface area contributed by atoms with E-state index < -0.39 is 0 Å². The Labute approximate surface area is 184 Å². The number of hydrogen-bond acceptors (Lipinski definition) is 4. The number of amides is 1. The molecule has 32 heavy (non-hydrogen) atoms. The van der Waals surface area contributed by atoms with Crippen LogP contribution in [0, 0.1) is 5.82 Å². The van der Waals surface area contributed by atoms with Crippen molar-refractivity contribution in [3.8, 4) is 16.9 Å². The normalized spacial score (nSPS) is 14.6. The van der Waals surface area contributed by atoms with Gasteiger partial charge in [-0.15, -0.1) is 0 Å². The summed E-state index contributed by atoms with van der Waals surface area (Å²) in [5.41, 5.74) is 3.83. The Hall–Kier alpha value is -4.00. The average molecular weight is 428 g/mol. The van der Waals surface area contributed by atoms with E-state index in [1.54, 1.807) is 35.4 Å². The second kappa shape index (κ2) is 8.63. The number of nitrogens with one attached hydrogen (secondary N) is 1. The molecule has 0 fully saturated rings. The van der Waals surface area contributed by atoms with Gasteiger partial charge in [-0.2, -0.15) is 5.10 Å². The highest BCUT2D eigenvalue weighted by Crippen LogP contribution is 2.39. The maximum Gasteiger partial charge on any atom is 0.251 e. The lowest BCUT2D eigenvalue weighted by atomic mass is 10.0. The minimum absolute atomic E-state index is 0.175. The van der Waals surface area contributed by atoms with Crippen LogP contribution in [0.2, 0.25) is 0 Å². The first-order chi connectivity index (χ1) is 15.7. The average Bonchev–Trinajstić information content (AvgIpc) is 3.47. The van der Waals surface area contributed by atoms with Crippen LogP contribution in [0.15, 0.2) is 79.4 Å². The van der Waals surface area contributed by atoms with E-state index in [1.807, 2.05) is 36.5 Å². The van der Waals surface area contributed by atoms with Gasteiger partial charge in [0.25, 0.3) is 5.91 Å². The Kier molecular flexibility index (Phi) is 5.37. The van der Waals surface area contributed by atoms with Crippen LogP contribution in [-0.4, -0.2) is 33.3 Å². The molecule has 1 atom stereocenters. The SMILES string of the molecule is O=C(NC[C@@H]1Cc2cc(F)cc(-c3cccnc3)c2O1)c1cccc(Cn2cccn2)c1. The molecule has 160 valence electrons. The van der Waals surface area contributed by atoms with Crippen LogP contribution in [0.25, 0.3) is 11.1 Å². The van der Waals surface area contributed by atoms with Gasteiger partial charge in [0.1, 0.15) is 17.7 Å². The molecule has 0 spiro atoms. The van der Waals surface area contributed by atoms with Crippen molar-refractivity contribution in [2.75, 3.05) is 6.54 Å². The predicted octanol–water partition coefficient (Wildman–Crippen LogP) is 3.87.